The third-order valence-electron chi connectivity index (χ3n) is 12.2. The van der Waals surface area contributed by atoms with Gasteiger partial charge in [-0.1, -0.05) is 92.9 Å². The molecule has 0 saturated heterocycles. The average molecular weight is 469 g/mol. The first-order valence-corrected chi connectivity index (χ1v) is 15.2. The lowest BCUT2D eigenvalue weighted by Crippen LogP contribution is -2.32. The summed E-state index contributed by atoms with van der Waals surface area (Å²) in [5, 5.41) is 0. The molecule has 0 heterocycles. The van der Waals surface area contributed by atoms with Gasteiger partial charge >= 0.3 is 0 Å². The molecule has 4 atom stereocenters. The van der Waals surface area contributed by atoms with Gasteiger partial charge in [-0.2, -0.15) is 0 Å². The number of unbranched alkanes of at least 4 members (excludes halogenated alkanes) is 9. The van der Waals surface area contributed by atoms with Crippen molar-refractivity contribution >= 4 is 11.4 Å². The molecule has 0 aliphatic heterocycles. The van der Waals surface area contributed by atoms with Crippen LogP contribution in [0.4, 0.5) is 0 Å². The lowest BCUT2D eigenvalue weighted by molar-refractivity contribution is 0.193. The molecule has 4 aliphatic rings. The first kappa shape index (κ1) is 26.4. The molecule has 0 radical (unpaired) electrons. The van der Waals surface area contributed by atoms with Crippen LogP contribution in [0.1, 0.15) is 144 Å². The van der Waals surface area contributed by atoms with E-state index in [1.807, 2.05) is 0 Å². The van der Waals surface area contributed by atoms with Crippen molar-refractivity contribution in [2.75, 3.05) is 13.1 Å². The van der Waals surface area contributed by atoms with E-state index in [1.165, 1.54) is 103 Å². The standard InChI is InChI=1S/C32H56N2/c1-29(2)25-17-19-31(29,5)27(23-25)33-21-15-13-11-9-7-8-10-12-14-16-22-34-28-24-26-18-20-32(28,6)30(26,3)4/h25-26H,7-24H2,1-6H3/t25-,26-,31-,32-/m1/s1. The molecule has 194 valence electrons. The summed E-state index contributed by atoms with van der Waals surface area (Å²) < 4.78 is 0. The van der Waals surface area contributed by atoms with E-state index in [0.29, 0.717) is 21.7 Å². The molecule has 2 nitrogen and oxygen atoms in total. The fourth-order valence-electron chi connectivity index (χ4n) is 8.40. The Balaban J connectivity index is 0.972. The van der Waals surface area contributed by atoms with Gasteiger partial charge in [-0.05, 0) is 74.0 Å². The minimum Gasteiger partial charge on any atom is -0.294 e. The van der Waals surface area contributed by atoms with Crippen molar-refractivity contribution in [2.24, 2.45) is 43.5 Å². The zero-order chi connectivity index (χ0) is 24.5. The Morgan fingerprint density at radius 3 is 1.12 bits per heavy atom. The van der Waals surface area contributed by atoms with E-state index in [0.717, 1.165) is 24.9 Å². The molecule has 4 fully saturated rings. The zero-order valence-corrected chi connectivity index (χ0v) is 23.8. The molecule has 0 N–H and O–H groups in total. The Morgan fingerprint density at radius 1 is 0.529 bits per heavy atom. The SMILES string of the molecule is CC1(C)[C@@H]2CC[C@]1(C)C(=NCCCCCCCCCCCCN=C1C[C@H]3CC[C@@]1(C)C3(C)C)C2. The third kappa shape index (κ3) is 4.70. The number of nitrogens with zero attached hydrogens (tertiary/aromatic N) is 2. The van der Waals surface area contributed by atoms with Crippen molar-refractivity contribution in [1.82, 2.24) is 0 Å². The maximum Gasteiger partial charge on any atom is 0.0388 e. The molecule has 4 aliphatic carbocycles. The van der Waals surface area contributed by atoms with E-state index < -0.39 is 0 Å². The molecule has 0 amide bonds. The van der Waals surface area contributed by atoms with Crippen LogP contribution in [0.3, 0.4) is 0 Å². The van der Waals surface area contributed by atoms with E-state index in [9.17, 15) is 0 Å². The van der Waals surface area contributed by atoms with Crippen molar-refractivity contribution in [3.63, 3.8) is 0 Å². The molecule has 4 saturated carbocycles. The highest BCUT2D eigenvalue weighted by Gasteiger charge is 2.60. The van der Waals surface area contributed by atoms with Crippen LogP contribution in [0.2, 0.25) is 0 Å². The van der Waals surface area contributed by atoms with Crippen molar-refractivity contribution in [3.05, 3.63) is 0 Å². The molecule has 0 aromatic rings. The Morgan fingerprint density at radius 2 is 0.853 bits per heavy atom. The quantitative estimate of drug-likeness (QED) is 0.240. The highest BCUT2D eigenvalue weighted by atomic mass is 14.8. The van der Waals surface area contributed by atoms with E-state index in [-0.39, 0.29) is 0 Å². The second kappa shape index (κ2) is 10.4. The molecule has 4 bridgehead atoms. The van der Waals surface area contributed by atoms with Gasteiger partial charge in [-0.3, -0.25) is 9.98 Å². The maximum absolute atomic E-state index is 5.11. The van der Waals surface area contributed by atoms with Crippen molar-refractivity contribution in [1.29, 1.82) is 0 Å². The predicted octanol–water partition coefficient (Wildman–Crippen LogP) is 9.46. The van der Waals surface area contributed by atoms with Gasteiger partial charge in [0.2, 0.25) is 0 Å². The number of fused-ring (bicyclic) bond motifs is 4. The normalized spacial score (nSPS) is 37.5. The summed E-state index contributed by atoms with van der Waals surface area (Å²) in [6.45, 7) is 17.1. The van der Waals surface area contributed by atoms with E-state index >= 15 is 0 Å². The van der Waals surface area contributed by atoms with Crippen molar-refractivity contribution < 1.29 is 0 Å². The summed E-state index contributed by atoms with van der Waals surface area (Å²) in [6, 6.07) is 0. The van der Waals surface area contributed by atoms with Crippen LogP contribution in [0, 0.1) is 33.5 Å². The average Bonchev–Trinajstić information content (AvgIpc) is 3.31. The highest BCUT2D eigenvalue weighted by molar-refractivity contribution is 5.94. The number of hydrogen-bond donors (Lipinski definition) is 0. The molecule has 0 spiro atoms. The van der Waals surface area contributed by atoms with Crippen LogP contribution in [0.25, 0.3) is 0 Å². The van der Waals surface area contributed by atoms with Crippen LogP contribution < -0.4 is 0 Å². The second-order valence-corrected chi connectivity index (χ2v) is 14.2. The minimum absolute atomic E-state index is 0.399. The first-order chi connectivity index (χ1) is 16.1. The highest BCUT2D eigenvalue weighted by Crippen LogP contribution is 2.64. The Hall–Kier alpha value is -0.660. The Bertz CT molecular complexity index is 695. The molecule has 34 heavy (non-hydrogen) atoms. The lowest BCUT2D eigenvalue weighted by atomic mass is 9.70. The van der Waals surface area contributed by atoms with E-state index in [4.69, 9.17) is 9.98 Å². The molecule has 4 rings (SSSR count). The first-order valence-electron chi connectivity index (χ1n) is 15.2. The second-order valence-electron chi connectivity index (χ2n) is 14.2. The van der Waals surface area contributed by atoms with Gasteiger partial charge in [0.1, 0.15) is 0 Å². The predicted molar refractivity (Wildman–Crippen MR) is 149 cm³/mol. The molecule has 0 unspecified atom stereocenters. The summed E-state index contributed by atoms with van der Waals surface area (Å²) in [5.41, 5.74) is 4.88. The summed E-state index contributed by atoms with van der Waals surface area (Å²) in [6.07, 6.45) is 22.0. The number of aliphatic imine (C=N–C) groups is 2. The summed E-state index contributed by atoms with van der Waals surface area (Å²) >= 11 is 0. The summed E-state index contributed by atoms with van der Waals surface area (Å²) in [7, 11) is 0. The molecule has 0 aromatic carbocycles. The van der Waals surface area contributed by atoms with Gasteiger partial charge in [-0.15, -0.1) is 0 Å². The topological polar surface area (TPSA) is 24.7 Å². The van der Waals surface area contributed by atoms with Gasteiger partial charge in [0.05, 0.1) is 0 Å². The number of rotatable bonds is 13. The Labute approximate surface area is 212 Å². The largest absolute Gasteiger partial charge is 0.294 e. The fourth-order valence-corrected chi connectivity index (χ4v) is 8.40. The fraction of sp³-hybridized carbons (Fsp3) is 0.938. The van der Waals surface area contributed by atoms with Crippen LogP contribution in [0.5, 0.6) is 0 Å². The molecule has 0 aromatic heterocycles. The van der Waals surface area contributed by atoms with Crippen molar-refractivity contribution in [3.8, 4) is 0 Å². The molecular formula is C32H56N2. The van der Waals surface area contributed by atoms with Crippen molar-refractivity contribution in [2.45, 2.75) is 144 Å². The van der Waals surface area contributed by atoms with Crippen LogP contribution in [0.15, 0.2) is 9.98 Å². The van der Waals surface area contributed by atoms with Crippen LogP contribution >= 0.6 is 0 Å². The van der Waals surface area contributed by atoms with Crippen LogP contribution in [-0.2, 0) is 0 Å². The number of hydrogen-bond acceptors (Lipinski definition) is 2. The lowest BCUT2D eigenvalue weighted by Gasteiger charge is -2.34. The molecule has 2 heteroatoms. The smallest absolute Gasteiger partial charge is 0.0388 e. The van der Waals surface area contributed by atoms with Gasteiger partial charge < -0.3 is 0 Å². The van der Waals surface area contributed by atoms with E-state index in [2.05, 4.69) is 41.5 Å². The maximum atomic E-state index is 5.11. The van der Waals surface area contributed by atoms with Gasteiger partial charge in [0.25, 0.3) is 0 Å². The monoisotopic (exact) mass is 468 g/mol. The zero-order valence-electron chi connectivity index (χ0n) is 23.8. The molecular weight excluding hydrogens is 412 g/mol. The summed E-state index contributed by atoms with van der Waals surface area (Å²) in [4.78, 5) is 10.2. The third-order valence-corrected chi connectivity index (χ3v) is 12.2. The Kier molecular flexibility index (Phi) is 8.05. The van der Waals surface area contributed by atoms with Crippen LogP contribution in [-0.4, -0.2) is 24.5 Å². The summed E-state index contributed by atoms with van der Waals surface area (Å²) in [5.74, 6) is 1.78. The van der Waals surface area contributed by atoms with Gasteiger partial charge in [0.15, 0.2) is 0 Å². The van der Waals surface area contributed by atoms with E-state index in [1.54, 1.807) is 11.4 Å². The minimum atomic E-state index is 0.399. The van der Waals surface area contributed by atoms with Gasteiger partial charge in [-0.25, -0.2) is 0 Å². The van der Waals surface area contributed by atoms with Gasteiger partial charge in [0, 0.05) is 35.3 Å².